The largest absolute Gasteiger partial charge is 0.493 e. The Kier molecular flexibility index (Phi) is 4.69. The van der Waals surface area contributed by atoms with E-state index in [1.54, 1.807) is 0 Å². The molecule has 1 aliphatic carbocycles. The highest BCUT2D eigenvalue weighted by Crippen LogP contribution is 2.29. The lowest BCUT2D eigenvalue weighted by Crippen LogP contribution is -2.16. The number of thioether (sulfide) groups is 1. The van der Waals surface area contributed by atoms with Gasteiger partial charge in [0.05, 0.1) is 11.3 Å². The van der Waals surface area contributed by atoms with Crippen LogP contribution in [-0.4, -0.2) is 20.3 Å². The first-order valence-corrected chi connectivity index (χ1v) is 7.68. The molecule has 4 nitrogen and oxygen atoms in total. The highest BCUT2D eigenvalue weighted by atomic mass is 32.2. The smallest absolute Gasteiger partial charge is 0.257 e. The third kappa shape index (κ3) is 3.28. The average molecular weight is 268 g/mol. The van der Waals surface area contributed by atoms with Crippen LogP contribution in [-0.2, 0) is 12.2 Å². The molecule has 0 spiro atoms. The van der Waals surface area contributed by atoms with Gasteiger partial charge in [-0.25, -0.2) is 0 Å². The quantitative estimate of drug-likeness (QED) is 0.881. The van der Waals surface area contributed by atoms with Crippen LogP contribution in [0.1, 0.15) is 50.4 Å². The molecule has 1 aliphatic rings. The Hall–Kier alpha value is -0.970. The summed E-state index contributed by atoms with van der Waals surface area (Å²) in [7, 11) is 0. The van der Waals surface area contributed by atoms with Gasteiger partial charge in [0.2, 0.25) is 5.88 Å². The van der Waals surface area contributed by atoms with Crippen molar-refractivity contribution >= 4 is 11.8 Å². The maximum absolute atomic E-state index is 11.7. The second-order valence-corrected chi connectivity index (χ2v) is 6.03. The summed E-state index contributed by atoms with van der Waals surface area (Å²) in [4.78, 5) is 18.5. The number of rotatable bonds is 4. The van der Waals surface area contributed by atoms with Gasteiger partial charge in [0.15, 0.2) is 0 Å². The average Bonchev–Trinajstić information content (AvgIpc) is 2.37. The van der Waals surface area contributed by atoms with Gasteiger partial charge in [-0.2, -0.15) is 16.7 Å². The molecule has 2 N–H and O–H groups in total. The predicted molar refractivity (Wildman–Crippen MR) is 74.1 cm³/mol. The molecule has 0 aromatic carbocycles. The standard InChI is InChI=1S/C13H20N2O2S/c1-2-10-12(16)14-11(15-13(10)17)8-18-9-6-4-3-5-7-9/h9H,2-8H2,1H3,(H2,14,15,16,17). The summed E-state index contributed by atoms with van der Waals surface area (Å²) in [6.45, 7) is 1.84. The molecule has 1 saturated carbocycles. The van der Waals surface area contributed by atoms with Crippen LogP contribution in [0, 0.1) is 0 Å². The van der Waals surface area contributed by atoms with E-state index in [0.717, 1.165) is 0 Å². The Morgan fingerprint density at radius 2 is 2.11 bits per heavy atom. The summed E-state index contributed by atoms with van der Waals surface area (Å²) in [5.41, 5.74) is 0.172. The minimum atomic E-state index is -0.204. The van der Waals surface area contributed by atoms with Crippen molar-refractivity contribution < 1.29 is 5.11 Å². The molecule has 0 bridgehead atoms. The van der Waals surface area contributed by atoms with E-state index < -0.39 is 0 Å². The van der Waals surface area contributed by atoms with E-state index in [-0.39, 0.29) is 11.4 Å². The number of aromatic nitrogens is 2. The van der Waals surface area contributed by atoms with Crippen molar-refractivity contribution in [3.63, 3.8) is 0 Å². The number of hydrogen-bond acceptors (Lipinski definition) is 4. The van der Waals surface area contributed by atoms with E-state index >= 15 is 0 Å². The molecule has 0 aliphatic heterocycles. The van der Waals surface area contributed by atoms with Gasteiger partial charge in [0.25, 0.3) is 5.56 Å². The monoisotopic (exact) mass is 268 g/mol. The Labute approximate surface area is 111 Å². The molecular weight excluding hydrogens is 248 g/mol. The minimum absolute atomic E-state index is 0.111. The Morgan fingerprint density at radius 1 is 1.39 bits per heavy atom. The summed E-state index contributed by atoms with van der Waals surface area (Å²) < 4.78 is 0. The number of aromatic amines is 1. The third-order valence-electron chi connectivity index (χ3n) is 3.40. The summed E-state index contributed by atoms with van der Waals surface area (Å²) >= 11 is 1.84. The molecule has 1 fully saturated rings. The van der Waals surface area contributed by atoms with E-state index in [1.807, 2.05) is 18.7 Å². The zero-order valence-electron chi connectivity index (χ0n) is 10.7. The zero-order chi connectivity index (χ0) is 13.0. The van der Waals surface area contributed by atoms with Crippen LogP contribution in [0.25, 0.3) is 0 Å². The first-order valence-electron chi connectivity index (χ1n) is 6.63. The highest BCUT2D eigenvalue weighted by Gasteiger charge is 2.15. The topological polar surface area (TPSA) is 66.0 Å². The number of H-pyrrole nitrogens is 1. The fourth-order valence-electron chi connectivity index (χ4n) is 2.35. The Bertz CT molecular complexity index is 453. The van der Waals surface area contributed by atoms with Crippen LogP contribution < -0.4 is 5.56 Å². The Balaban J connectivity index is 1.99. The molecule has 1 aromatic heterocycles. The first kappa shape index (κ1) is 13.5. The van der Waals surface area contributed by atoms with Gasteiger partial charge >= 0.3 is 0 Å². The molecule has 0 amide bonds. The van der Waals surface area contributed by atoms with Crippen molar-refractivity contribution in [2.24, 2.45) is 0 Å². The number of hydrogen-bond donors (Lipinski definition) is 2. The summed E-state index contributed by atoms with van der Waals surface area (Å²) in [6.07, 6.45) is 6.98. The first-order chi connectivity index (χ1) is 8.70. The molecule has 0 radical (unpaired) electrons. The Morgan fingerprint density at radius 3 is 2.72 bits per heavy atom. The van der Waals surface area contributed by atoms with Crippen molar-refractivity contribution in [3.05, 3.63) is 21.7 Å². The van der Waals surface area contributed by atoms with Crippen molar-refractivity contribution in [1.29, 1.82) is 0 Å². The maximum atomic E-state index is 11.7. The number of nitrogens with one attached hydrogen (secondary N) is 1. The lowest BCUT2D eigenvalue weighted by atomic mass is 10.0. The predicted octanol–water partition coefficient (Wildman–Crippen LogP) is 2.60. The van der Waals surface area contributed by atoms with Gasteiger partial charge in [-0.3, -0.25) is 4.79 Å². The highest BCUT2D eigenvalue weighted by molar-refractivity contribution is 7.99. The van der Waals surface area contributed by atoms with Gasteiger partial charge < -0.3 is 10.1 Å². The van der Waals surface area contributed by atoms with Crippen LogP contribution in [0.3, 0.4) is 0 Å². The van der Waals surface area contributed by atoms with Crippen LogP contribution in [0.15, 0.2) is 4.79 Å². The van der Waals surface area contributed by atoms with E-state index in [1.165, 1.54) is 32.1 Å². The van der Waals surface area contributed by atoms with Crippen LogP contribution in [0.4, 0.5) is 0 Å². The molecule has 5 heteroatoms. The number of aromatic hydroxyl groups is 1. The molecule has 2 rings (SSSR count). The zero-order valence-corrected chi connectivity index (χ0v) is 11.6. The van der Waals surface area contributed by atoms with Crippen LogP contribution >= 0.6 is 11.8 Å². The van der Waals surface area contributed by atoms with Gasteiger partial charge in [0, 0.05) is 5.25 Å². The van der Waals surface area contributed by atoms with E-state index in [4.69, 9.17) is 0 Å². The van der Waals surface area contributed by atoms with Crippen LogP contribution in [0.2, 0.25) is 0 Å². The molecule has 1 aromatic rings. The van der Waals surface area contributed by atoms with Crippen molar-refractivity contribution in [3.8, 4) is 5.88 Å². The van der Waals surface area contributed by atoms with E-state index in [2.05, 4.69) is 9.97 Å². The van der Waals surface area contributed by atoms with Gasteiger partial charge in [-0.1, -0.05) is 26.2 Å². The van der Waals surface area contributed by atoms with Crippen LogP contribution in [0.5, 0.6) is 5.88 Å². The van der Waals surface area contributed by atoms with Crippen molar-refractivity contribution in [2.45, 2.75) is 56.5 Å². The fourth-order valence-corrected chi connectivity index (χ4v) is 3.54. The normalized spacial score (nSPS) is 16.9. The van der Waals surface area contributed by atoms with E-state index in [9.17, 15) is 9.90 Å². The molecular formula is C13H20N2O2S. The fraction of sp³-hybridized carbons (Fsp3) is 0.692. The summed E-state index contributed by atoms with van der Waals surface area (Å²) in [6, 6.07) is 0. The molecule has 0 saturated heterocycles. The lowest BCUT2D eigenvalue weighted by Gasteiger charge is -2.20. The molecule has 100 valence electrons. The number of nitrogens with zero attached hydrogens (tertiary/aromatic N) is 1. The molecule has 0 unspecified atom stereocenters. The molecule has 0 atom stereocenters. The third-order valence-corrected chi connectivity index (χ3v) is 4.79. The second-order valence-electron chi connectivity index (χ2n) is 4.74. The van der Waals surface area contributed by atoms with Gasteiger partial charge in [0.1, 0.15) is 5.82 Å². The van der Waals surface area contributed by atoms with Crippen molar-refractivity contribution in [1.82, 2.24) is 9.97 Å². The van der Waals surface area contributed by atoms with Gasteiger partial charge in [-0.05, 0) is 19.3 Å². The summed E-state index contributed by atoms with van der Waals surface area (Å²) in [5, 5.41) is 10.3. The minimum Gasteiger partial charge on any atom is -0.493 e. The SMILES string of the molecule is CCc1c(O)nc(CSC2CCCCC2)[nH]c1=O. The van der Waals surface area contributed by atoms with Crippen molar-refractivity contribution in [2.75, 3.05) is 0 Å². The summed E-state index contributed by atoms with van der Waals surface area (Å²) in [5.74, 6) is 1.16. The maximum Gasteiger partial charge on any atom is 0.257 e. The van der Waals surface area contributed by atoms with Gasteiger partial charge in [-0.15, -0.1) is 0 Å². The molecule has 18 heavy (non-hydrogen) atoms. The molecule has 1 heterocycles. The lowest BCUT2D eigenvalue weighted by molar-refractivity contribution is 0.441. The second kappa shape index (κ2) is 6.27. The van der Waals surface area contributed by atoms with E-state index in [0.29, 0.717) is 28.8 Å².